The molecule has 0 aliphatic carbocycles. The van der Waals surface area contributed by atoms with Crippen LogP contribution in [-0.4, -0.2) is 60.8 Å². The predicted octanol–water partition coefficient (Wildman–Crippen LogP) is -0.216. The lowest BCUT2D eigenvalue weighted by Gasteiger charge is -2.27. The van der Waals surface area contributed by atoms with Gasteiger partial charge in [-0.1, -0.05) is 6.58 Å². The molecule has 2 aliphatic rings. The lowest BCUT2D eigenvalue weighted by molar-refractivity contribution is -0.0947. The lowest BCUT2D eigenvalue weighted by Crippen LogP contribution is -2.44. The van der Waals surface area contributed by atoms with Crippen molar-refractivity contribution in [1.29, 1.82) is 0 Å². The van der Waals surface area contributed by atoms with Crippen molar-refractivity contribution in [2.75, 3.05) is 23.8 Å². The Morgan fingerprint density at radius 2 is 2.38 bits per heavy atom. The Hall–Kier alpha value is -2.20. The van der Waals surface area contributed by atoms with E-state index in [0.29, 0.717) is 34.8 Å². The summed E-state index contributed by atoms with van der Waals surface area (Å²) in [5, 5.41) is 37.2. The summed E-state index contributed by atoms with van der Waals surface area (Å²) in [4.78, 5) is 8.27. The topological polar surface area (TPSA) is 125 Å². The third kappa shape index (κ3) is 2.02. The molecule has 1 fully saturated rings. The second-order valence-corrected chi connectivity index (χ2v) is 6.28. The van der Waals surface area contributed by atoms with E-state index in [0.717, 1.165) is 0 Å². The molecule has 9 nitrogen and oxygen atoms in total. The number of hydrogen-bond donors (Lipinski definition) is 5. The molecule has 0 aromatic carbocycles. The number of aliphatic hydroxyl groups excluding tert-OH is 2. The summed E-state index contributed by atoms with van der Waals surface area (Å²) in [6.45, 7) is 5.36. The highest BCUT2D eigenvalue weighted by Crippen LogP contribution is 2.42. The van der Waals surface area contributed by atoms with Crippen molar-refractivity contribution in [1.82, 2.24) is 14.5 Å². The number of nitrogens with zero attached hydrogens (tertiary/aromatic N) is 3. The van der Waals surface area contributed by atoms with Gasteiger partial charge >= 0.3 is 0 Å². The highest BCUT2D eigenvalue weighted by molar-refractivity contribution is 6.00. The summed E-state index contributed by atoms with van der Waals surface area (Å²) in [7, 11) is 0. The molecule has 0 bridgehead atoms. The van der Waals surface area contributed by atoms with Crippen LogP contribution in [0.15, 0.2) is 24.8 Å². The smallest absolute Gasteiger partial charge is 0.167 e. The van der Waals surface area contributed by atoms with E-state index >= 15 is 0 Å². The minimum absolute atomic E-state index is 0.190. The Morgan fingerprint density at radius 3 is 3.08 bits per heavy atom. The number of nitrogens with one attached hydrogen (secondary N) is 2. The first kappa shape index (κ1) is 14.2. The van der Waals surface area contributed by atoms with Crippen LogP contribution >= 0.6 is 0 Å². The highest BCUT2D eigenvalue weighted by atomic mass is 16.6. The van der Waals surface area contributed by atoms with Crippen molar-refractivity contribution in [2.45, 2.75) is 31.0 Å². The lowest BCUT2D eigenvalue weighted by atomic mass is 9.96. The zero-order valence-corrected chi connectivity index (χ0v) is 13.0. The first-order valence-electron chi connectivity index (χ1n) is 8.07. The summed E-state index contributed by atoms with van der Waals surface area (Å²) >= 11 is 0. The van der Waals surface area contributed by atoms with Gasteiger partial charge in [-0.3, -0.25) is 0 Å². The average molecular weight is 335 g/mol. The van der Waals surface area contributed by atoms with E-state index in [9.17, 15) is 15.3 Å². The molecular weight excluding hydrogens is 314 g/mol. The van der Waals surface area contributed by atoms with Crippen molar-refractivity contribution >= 4 is 22.5 Å². The van der Waals surface area contributed by atoms with E-state index in [2.05, 4.69) is 27.2 Å². The molecule has 0 amide bonds. The van der Waals surface area contributed by atoms with Gasteiger partial charge < -0.3 is 35.3 Å². The van der Waals surface area contributed by atoms with Gasteiger partial charge in [0, 0.05) is 11.9 Å². The van der Waals surface area contributed by atoms with Crippen LogP contribution < -0.4 is 10.6 Å². The van der Waals surface area contributed by atoms with E-state index in [-0.39, 0.29) is 6.30 Å². The van der Waals surface area contributed by atoms with Gasteiger partial charge in [0.2, 0.25) is 0 Å². The second kappa shape index (κ2) is 5.15. The summed E-state index contributed by atoms with van der Waals surface area (Å²) in [5.41, 5.74) is 0.0754. The second-order valence-electron chi connectivity index (χ2n) is 6.28. The Morgan fingerprint density at radius 1 is 1.58 bits per heavy atom. The molecule has 9 heteroatoms. The van der Waals surface area contributed by atoms with E-state index in [1.165, 1.54) is 6.92 Å². The zero-order chi connectivity index (χ0) is 17.9. The molecule has 4 atom stereocenters. The van der Waals surface area contributed by atoms with Gasteiger partial charge in [-0.15, -0.1) is 0 Å². The van der Waals surface area contributed by atoms with Crippen LogP contribution in [0.3, 0.4) is 0 Å². The largest absolute Gasteiger partial charge is 0.394 e. The molecule has 4 heterocycles. The first-order chi connectivity index (χ1) is 11.8. The van der Waals surface area contributed by atoms with Gasteiger partial charge in [0.05, 0.1) is 24.2 Å². The summed E-state index contributed by atoms with van der Waals surface area (Å²) < 4.78 is 15.1. The number of hydrogen-bond acceptors (Lipinski definition) is 8. The molecule has 0 spiro atoms. The molecule has 2 aromatic heterocycles. The fourth-order valence-electron chi connectivity index (χ4n) is 3.26. The Bertz CT molecular complexity index is 867. The molecule has 24 heavy (non-hydrogen) atoms. The fraction of sp³-hybridized carbons (Fsp3) is 0.467. The van der Waals surface area contributed by atoms with Gasteiger partial charge in [-0.25, -0.2) is 9.97 Å². The van der Waals surface area contributed by atoms with Crippen molar-refractivity contribution in [3.05, 3.63) is 24.8 Å². The van der Waals surface area contributed by atoms with Gasteiger partial charge in [-0.2, -0.15) is 0 Å². The third-order valence-electron chi connectivity index (χ3n) is 4.53. The fourth-order valence-corrected chi connectivity index (χ4v) is 3.26. The van der Waals surface area contributed by atoms with Gasteiger partial charge in [0.1, 0.15) is 36.9 Å². The molecule has 0 radical (unpaired) electrons. The number of anilines is 2. The molecule has 1 unspecified atom stereocenters. The van der Waals surface area contributed by atoms with Gasteiger partial charge in [0.25, 0.3) is 0 Å². The molecule has 128 valence electrons. The van der Waals surface area contributed by atoms with Crippen LogP contribution in [0.1, 0.15) is 14.5 Å². The van der Waals surface area contributed by atoms with Crippen LogP contribution in [0, 0.1) is 0 Å². The summed E-state index contributed by atoms with van der Waals surface area (Å²) in [5.74, 6) is 0.479. The Balaban J connectivity index is 1.92. The van der Waals surface area contributed by atoms with E-state index in [1.807, 2.05) is 0 Å². The van der Waals surface area contributed by atoms with Gasteiger partial charge in [-0.05, 0) is 6.92 Å². The molecule has 2 aromatic rings. The first-order valence-corrected chi connectivity index (χ1v) is 7.57. The molecule has 2 aliphatic heterocycles. The van der Waals surface area contributed by atoms with E-state index in [4.69, 9.17) is 6.11 Å². The number of aromatic nitrogens is 3. The summed E-state index contributed by atoms with van der Waals surface area (Å²) in [6, 6.07) is 0. The minimum Gasteiger partial charge on any atom is -0.394 e. The van der Waals surface area contributed by atoms with Crippen LogP contribution in [-0.2, 0) is 4.74 Å². The predicted molar refractivity (Wildman–Crippen MR) is 86.4 cm³/mol. The Labute approximate surface area is 139 Å². The standard InChI is InChI=1S/C15H19N5O4/c1-7-3-16-12-10-8(19-7)4-20(13(10)18-6-17-12)14-15(2,23)11(22)9(5-21)24-14/h4,6,9,11,14,19,21-23H,1,3,5H2,2H3,(H,16,17,18)/t9-,11-,14-,15?/m1/s1/i6T. The SMILES string of the molecule is [3H]c1nc2c3c(cn([C@@H]4O[C@H](CO)[C@@H](O)C4(C)O)c3n1)NC(=C)CN2. The van der Waals surface area contributed by atoms with Crippen molar-refractivity contribution < 1.29 is 21.4 Å². The third-order valence-corrected chi connectivity index (χ3v) is 4.53. The summed E-state index contributed by atoms with van der Waals surface area (Å²) in [6.07, 6.45) is -1.70. The van der Waals surface area contributed by atoms with Crippen molar-refractivity contribution in [2.24, 2.45) is 0 Å². The van der Waals surface area contributed by atoms with Crippen LogP contribution in [0.4, 0.5) is 11.5 Å². The average Bonchev–Trinajstić information content (AvgIpc) is 2.94. The quantitative estimate of drug-likeness (QED) is 0.510. The van der Waals surface area contributed by atoms with Crippen molar-refractivity contribution in [3.8, 4) is 0 Å². The maximum Gasteiger partial charge on any atom is 0.167 e. The normalized spacial score (nSPS) is 33.1. The molecule has 0 saturated carbocycles. The maximum absolute atomic E-state index is 10.7. The Kier molecular flexibility index (Phi) is 3.04. The van der Waals surface area contributed by atoms with Crippen LogP contribution in [0.2, 0.25) is 0 Å². The number of aliphatic hydroxyl groups is 3. The molecular formula is C15H19N5O4. The zero-order valence-electron chi connectivity index (χ0n) is 14.0. The monoisotopic (exact) mass is 335 g/mol. The number of rotatable bonds is 2. The molecule has 5 N–H and O–H groups in total. The molecule has 1 saturated heterocycles. The highest BCUT2D eigenvalue weighted by Gasteiger charge is 2.53. The van der Waals surface area contributed by atoms with E-state index < -0.39 is 30.6 Å². The number of ether oxygens (including phenoxy) is 1. The minimum atomic E-state index is -1.65. The van der Waals surface area contributed by atoms with E-state index in [1.54, 1.807) is 10.8 Å². The molecule has 4 rings (SSSR count). The van der Waals surface area contributed by atoms with Crippen molar-refractivity contribution in [3.63, 3.8) is 0 Å². The maximum atomic E-state index is 10.7. The van der Waals surface area contributed by atoms with Crippen LogP contribution in [0.5, 0.6) is 0 Å². The van der Waals surface area contributed by atoms with Crippen LogP contribution in [0.25, 0.3) is 11.0 Å². The van der Waals surface area contributed by atoms with Gasteiger partial charge in [0.15, 0.2) is 6.23 Å².